The standard InChI is InChI=1S/C11H15N3O3/c1-2-3-8-5-9(13-12-8)14-6-7(11(16)17)4-10(14)15/h5,7H,2-4,6H2,1H3,(H,12,13)(H,16,17). The van der Waals surface area contributed by atoms with Crippen molar-refractivity contribution >= 4 is 17.7 Å². The minimum atomic E-state index is -0.926. The number of carbonyl (C=O) groups excluding carboxylic acids is 1. The molecule has 0 bridgehead atoms. The maximum absolute atomic E-state index is 11.7. The molecule has 0 spiro atoms. The third-order valence-corrected chi connectivity index (χ3v) is 2.89. The number of anilines is 1. The maximum Gasteiger partial charge on any atom is 0.308 e. The number of nitrogens with one attached hydrogen (secondary N) is 1. The third kappa shape index (κ3) is 2.30. The molecule has 2 rings (SSSR count). The molecule has 2 heterocycles. The van der Waals surface area contributed by atoms with Crippen molar-refractivity contribution < 1.29 is 14.7 Å². The first kappa shape index (κ1) is 11.6. The number of carboxylic acids is 1. The van der Waals surface area contributed by atoms with Crippen molar-refractivity contribution in [1.82, 2.24) is 10.2 Å². The molecule has 17 heavy (non-hydrogen) atoms. The monoisotopic (exact) mass is 237 g/mol. The quantitative estimate of drug-likeness (QED) is 0.811. The van der Waals surface area contributed by atoms with E-state index >= 15 is 0 Å². The van der Waals surface area contributed by atoms with Gasteiger partial charge in [-0.15, -0.1) is 0 Å². The van der Waals surface area contributed by atoms with Gasteiger partial charge in [0.25, 0.3) is 0 Å². The minimum Gasteiger partial charge on any atom is -0.481 e. The highest BCUT2D eigenvalue weighted by Gasteiger charge is 2.36. The molecule has 0 radical (unpaired) electrons. The number of hydrogen-bond donors (Lipinski definition) is 2. The van der Waals surface area contributed by atoms with Gasteiger partial charge in [-0.1, -0.05) is 13.3 Å². The van der Waals surface area contributed by atoms with Crippen molar-refractivity contribution in [3.05, 3.63) is 11.8 Å². The Hall–Kier alpha value is -1.85. The molecule has 1 fully saturated rings. The Morgan fingerprint density at radius 2 is 2.47 bits per heavy atom. The molecule has 6 heteroatoms. The Kier molecular flexibility index (Phi) is 3.12. The van der Waals surface area contributed by atoms with Gasteiger partial charge in [0.1, 0.15) is 0 Å². The van der Waals surface area contributed by atoms with Crippen molar-refractivity contribution in [3.8, 4) is 0 Å². The molecular formula is C11H15N3O3. The fourth-order valence-electron chi connectivity index (χ4n) is 1.98. The van der Waals surface area contributed by atoms with E-state index in [4.69, 9.17) is 5.11 Å². The van der Waals surface area contributed by atoms with Gasteiger partial charge >= 0.3 is 5.97 Å². The van der Waals surface area contributed by atoms with Gasteiger partial charge in [0.05, 0.1) is 5.92 Å². The summed E-state index contributed by atoms with van der Waals surface area (Å²) >= 11 is 0. The van der Waals surface area contributed by atoms with Gasteiger partial charge < -0.3 is 5.11 Å². The van der Waals surface area contributed by atoms with E-state index in [0.717, 1.165) is 18.5 Å². The molecule has 1 atom stereocenters. The molecule has 2 N–H and O–H groups in total. The fraction of sp³-hybridized carbons (Fsp3) is 0.545. The molecule has 6 nitrogen and oxygen atoms in total. The normalized spacial score (nSPS) is 19.9. The Balaban J connectivity index is 2.11. The van der Waals surface area contributed by atoms with Crippen molar-refractivity contribution in [2.45, 2.75) is 26.2 Å². The highest BCUT2D eigenvalue weighted by Crippen LogP contribution is 2.24. The van der Waals surface area contributed by atoms with Crippen molar-refractivity contribution in [3.63, 3.8) is 0 Å². The van der Waals surface area contributed by atoms with E-state index in [1.807, 2.05) is 6.07 Å². The van der Waals surface area contributed by atoms with Crippen molar-refractivity contribution in [2.24, 2.45) is 5.92 Å². The van der Waals surface area contributed by atoms with E-state index < -0.39 is 11.9 Å². The van der Waals surface area contributed by atoms with Crippen LogP contribution in [0.25, 0.3) is 0 Å². The van der Waals surface area contributed by atoms with Crippen LogP contribution in [0.3, 0.4) is 0 Å². The van der Waals surface area contributed by atoms with Gasteiger partial charge in [0, 0.05) is 24.7 Å². The number of nitrogens with zero attached hydrogens (tertiary/aromatic N) is 2. The highest BCUT2D eigenvalue weighted by atomic mass is 16.4. The number of aromatic nitrogens is 2. The van der Waals surface area contributed by atoms with E-state index in [1.54, 1.807) is 0 Å². The van der Waals surface area contributed by atoms with Gasteiger partial charge in [-0.2, -0.15) is 5.10 Å². The number of H-pyrrole nitrogens is 1. The van der Waals surface area contributed by atoms with E-state index in [0.29, 0.717) is 5.82 Å². The second-order valence-electron chi connectivity index (χ2n) is 4.25. The Bertz CT molecular complexity index is 441. The van der Waals surface area contributed by atoms with E-state index in [2.05, 4.69) is 17.1 Å². The van der Waals surface area contributed by atoms with Crippen LogP contribution in [0.5, 0.6) is 0 Å². The number of amides is 1. The third-order valence-electron chi connectivity index (χ3n) is 2.89. The van der Waals surface area contributed by atoms with Gasteiger partial charge in [-0.3, -0.25) is 19.6 Å². The molecule has 1 unspecified atom stereocenters. The Labute approximate surface area is 98.6 Å². The first-order valence-corrected chi connectivity index (χ1v) is 5.69. The van der Waals surface area contributed by atoms with Crippen molar-refractivity contribution in [2.75, 3.05) is 11.4 Å². The van der Waals surface area contributed by atoms with Gasteiger partial charge in [-0.25, -0.2) is 0 Å². The number of aryl methyl sites for hydroxylation is 1. The molecule has 1 saturated heterocycles. The summed E-state index contributed by atoms with van der Waals surface area (Å²) in [5.74, 6) is -1.19. The molecule has 1 aromatic rings. The lowest BCUT2D eigenvalue weighted by Crippen LogP contribution is -2.26. The summed E-state index contributed by atoms with van der Waals surface area (Å²) < 4.78 is 0. The highest BCUT2D eigenvalue weighted by molar-refractivity contribution is 5.98. The SMILES string of the molecule is CCCc1cc(N2CC(C(=O)O)CC2=O)n[nH]1. The summed E-state index contributed by atoms with van der Waals surface area (Å²) in [4.78, 5) is 23.9. The topological polar surface area (TPSA) is 86.3 Å². The van der Waals surface area contributed by atoms with Crippen LogP contribution in [0, 0.1) is 5.92 Å². The van der Waals surface area contributed by atoms with Gasteiger partial charge in [0.2, 0.25) is 5.91 Å². The molecule has 0 saturated carbocycles. The summed E-state index contributed by atoms with van der Waals surface area (Å²) in [5, 5.41) is 15.8. The zero-order valence-electron chi connectivity index (χ0n) is 9.64. The number of aromatic amines is 1. The summed E-state index contributed by atoms with van der Waals surface area (Å²) in [7, 11) is 0. The average Bonchev–Trinajstić information content (AvgIpc) is 2.85. The summed E-state index contributed by atoms with van der Waals surface area (Å²) in [6, 6.07) is 1.81. The van der Waals surface area contributed by atoms with E-state index in [-0.39, 0.29) is 18.9 Å². The molecular weight excluding hydrogens is 222 g/mol. The number of carboxylic acid groups (broad SMARTS) is 1. The smallest absolute Gasteiger partial charge is 0.308 e. The van der Waals surface area contributed by atoms with Crippen LogP contribution < -0.4 is 4.90 Å². The number of carbonyl (C=O) groups is 2. The van der Waals surface area contributed by atoms with Gasteiger partial charge in [0.15, 0.2) is 5.82 Å². The molecule has 92 valence electrons. The molecule has 0 aromatic carbocycles. The zero-order valence-corrected chi connectivity index (χ0v) is 9.64. The Morgan fingerprint density at radius 1 is 1.71 bits per heavy atom. The van der Waals surface area contributed by atoms with Crippen LogP contribution in [0.4, 0.5) is 5.82 Å². The molecule has 1 amide bonds. The fourth-order valence-corrected chi connectivity index (χ4v) is 1.98. The lowest BCUT2D eigenvalue weighted by Gasteiger charge is -2.11. The number of rotatable bonds is 4. The van der Waals surface area contributed by atoms with Crippen LogP contribution in [0.15, 0.2) is 6.07 Å². The minimum absolute atomic E-state index is 0.0608. The summed E-state index contributed by atoms with van der Waals surface area (Å²) in [5.41, 5.74) is 0.967. The number of aliphatic carboxylic acids is 1. The molecule has 1 aromatic heterocycles. The predicted octanol–water partition coefficient (Wildman–Crippen LogP) is 0.800. The molecule has 1 aliphatic rings. The summed E-state index contributed by atoms with van der Waals surface area (Å²) in [6.45, 7) is 2.27. The lowest BCUT2D eigenvalue weighted by molar-refractivity contribution is -0.141. The zero-order chi connectivity index (χ0) is 12.4. The van der Waals surface area contributed by atoms with Gasteiger partial charge in [-0.05, 0) is 6.42 Å². The van der Waals surface area contributed by atoms with Crippen LogP contribution in [-0.2, 0) is 16.0 Å². The van der Waals surface area contributed by atoms with Crippen LogP contribution in [0.1, 0.15) is 25.5 Å². The first-order valence-electron chi connectivity index (χ1n) is 5.69. The predicted molar refractivity (Wildman–Crippen MR) is 60.7 cm³/mol. The largest absolute Gasteiger partial charge is 0.481 e. The number of hydrogen-bond acceptors (Lipinski definition) is 3. The second kappa shape index (κ2) is 4.57. The summed E-state index contributed by atoms with van der Waals surface area (Å²) in [6.07, 6.45) is 1.93. The lowest BCUT2D eigenvalue weighted by atomic mass is 10.1. The van der Waals surface area contributed by atoms with Crippen LogP contribution in [0.2, 0.25) is 0 Å². The maximum atomic E-state index is 11.7. The molecule has 1 aliphatic heterocycles. The van der Waals surface area contributed by atoms with Crippen LogP contribution >= 0.6 is 0 Å². The first-order chi connectivity index (χ1) is 8.11. The van der Waals surface area contributed by atoms with E-state index in [1.165, 1.54) is 4.90 Å². The average molecular weight is 237 g/mol. The van der Waals surface area contributed by atoms with E-state index in [9.17, 15) is 9.59 Å². The second-order valence-corrected chi connectivity index (χ2v) is 4.25. The van der Waals surface area contributed by atoms with Crippen molar-refractivity contribution in [1.29, 1.82) is 0 Å². The van der Waals surface area contributed by atoms with Crippen LogP contribution in [-0.4, -0.2) is 33.7 Å². The Morgan fingerprint density at radius 3 is 3.06 bits per heavy atom. The molecule has 0 aliphatic carbocycles.